The number of rotatable bonds is 7. The van der Waals surface area contributed by atoms with Gasteiger partial charge in [0.05, 0.1) is 18.5 Å². The molecule has 0 saturated heterocycles. The number of carbonyl (C=O) groups excluding carboxylic acids is 1. The Balaban J connectivity index is 1.97. The number of hydrogen-bond donors (Lipinski definition) is 1. The van der Waals surface area contributed by atoms with Crippen LogP contribution in [0.25, 0.3) is 10.6 Å². The van der Waals surface area contributed by atoms with Gasteiger partial charge in [0, 0.05) is 29.4 Å². The van der Waals surface area contributed by atoms with E-state index in [1.54, 1.807) is 16.2 Å². The van der Waals surface area contributed by atoms with Crippen LogP contribution in [0.5, 0.6) is 0 Å². The van der Waals surface area contributed by atoms with Crippen LogP contribution in [0, 0.1) is 0 Å². The van der Waals surface area contributed by atoms with Crippen LogP contribution in [-0.2, 0) is 16.0 Å². The molecule has 0 bridgehead atoms. The fraction of sp³-hybridized carbons (Fsp3) is 0.357. The summed E-state index contributed by atoms with van der Waals surface area (Å²) in [7, 11) is 0. The van der Waals surface area contributed by atoms with Crippen molar-refractivity contribution in [3.8, 4) is 10.6 Å². The highest BCUT2D eigenvalue weighted by Crippen LogP contribution is 2.25. The first-order valence-electron chi connectivity index (χ1n) is 6.56. The lowest BCUT2D eigenvalue weighted by molar-refractivity contribution is -0.138. The van der Waals surface area contributed by atoms with Crippen LogP contribution in [-0.4, -0.2) is 40.0 Å². The molecule has 0 saturated carbocycles. The number of carbonyl (C=O) groups is 2. The molecule has 0 fully saturated rings. The number of thiazole rings is 1. The van der Waals surface area contributed by atoms with Gasteiger partial charge < -0.3 is 10.0 Å². The Hall–Kier alpha value is -1.73. The summed E-state index contributed by atoms with van der Waals surface area (Å²) >= 11 is 3.13. The molecule has 0 aliphatic heterocycles. The number of hydrogen-bond acceptors (Lipinski definition) is 5. The van der Waals surface area contributed by atoms with Crippen molar-refractivity contribution >= 4 is 34.6 Å². The van der Waals surface area contributed by atoms with Crippen molar-refractivity contribution in [2.24, 2.45) is 0 Å². The Bertz CT molecular complexity index is 608. The van der Waals surface area contributed by atoms with E-state index in [9.17, 15) is 9.59 Å². The highest BCUT2D eigenvalue weighted by atomic mass is 32.1. The summed E-state index contributed by atoms with van der Waals surface area (Å²) in [6.45, 7) is 2.59. The molecule has 0 atom stereocenters. The second-order valence-electron chi connectivity index (χ2n) is 4.45. The van der Waals surface area contributed by atoms with Gasteiger partial charge in [-0.1, -0.05) is 0 Å². The van der Waals surface area contributed by atoms with E-state index in [1.807, 2.05) is 29.1 Å². The molecule has 1 amide bonds. The molecule has 7 heteroatoms. The first-order valence-corrected chi connectivity index (χ1v) is 8.39. The quantitative estimate of drug-likeness (QED) is 0.850. The summed E-state index contributed by atoms with van der Waals surface area (Å²) in [5.41, 5.74) is 1.81. The van der Waals surface area contributed by atoms with Crippen molar-refractivity contribution in [1.29, 1.82) is 0 Å². The van der Waals surface area contributed by atoms with Gasteiger partial charge in [-0.15, -0.1) is 11.3 Å². The van der Waals surface area contributed by atoms with Crippen LogP contribution in [0.1, 0.15) is 19.0 Å². The van der Waals surface area contributed by atoms with Crippen molar-refractivity contribution in [3.63, 3.8) is 0 Å². The first kappa shape index (κ1) is 15.7. The molecule has 0 aromatic carbocycles. The molecule has 1 N–H and O–H groups in total. The fourth-order valence-electron chi connectivity index (χ4n) is 1.86. The number of thiophene rings is 1. The van der Waals surface area contributed by atoms with Crippen LogP contribution in [0.15, 0.2) is 22.2 Å². The lowest BCUT2D eigenvalue weighted by Crippen LogP contribution is -2.34. The Morgan fingerprint density at radius 1 is 1.38 bits per heavy atom. The molecule has 0 aliphatic rings. The highest BCUT2D eigenvalue weighted by molar-refractivity contribution is 7.14. The van der Waals surface area contributed by atoms with Crippen LogP contribution >= 0.6 is 22.7 Å². The van der Waals surface area contributed by atoms with E-state index < -0.39 is 5.97 Å². The van der Waals surface area contributed by atoms with Gasteiger partial charge in [0.1, 0.15) is 5.01 Å². The molecule has 2 aromatic heterocycles. The third-order valence-electron chi connectivity index (χ3n) is 2.98. The van der Waals surface area contributed by atoms with E-state index >= 15 is 0 Å². The summed E-state index contributed by atoms with van der Waals surface area (Å²) < 4.78 is 0. The number of aliphatic carboxylic acids is 1. The molecule has 5 nitrogen and oxygen atoms in total. The number of carboxylic acid groups (broad SMARTS) is 1. The summed E-state index contributed by atoms with van der Waals surface area (Å²) in [6, 6.07) is 2.00. The zero-order valence-corrected chi connectivity index (χ0v) is 13.2. The molecule has 0 aliphatic carbocycles. The fourth-order valence-corrected chi connectivity index (χ4v) is 3.40. The lowest BCUT2D eigenvalue weighted by Gasteiger charge is -2.19. The smallest absolute Gasteiger partial charge is 0.305 e. The lowest BCUT2D eigenvalue weighted by atomic mass is 10.2. The second kappa shape index (κ2) is 7.33. The van der Waals surface area contributed by atoms with Gasteiger partial charge in [-0.05, 0) is 18.4 Å². The summed E-state index contributed by atoms with van der Waals surface area (Å²) in [4.78, 5) is 28.8. The molecule has 0 radical (unpaired) electrons. The predicted molar refractivity (Wildman–Crippen MR) is 83.6 cm³/mol. The third-order valence-corrected chi connectivity index (χ3v) is 4.61. The minimum absolute atomic E-state index is 0.0310. The van der Waals surface area contributed by atoms with Gasteiger partial charge >= 0.3 is 5.97 Å². The molecular weight excluding hydrogens is 308 g/mol. The Labute approximate surface area is 130 Å². The molecule has 112 valence electrons. The van der Waals surface area contributed by atoms with Crippen LogP contribution < -0.4 is 0 Å². The molecular formula is C14H16N2O3S2. The minimum Gasteiger partial charge on any atom is -0.481 e. The van der Waals surface area contributed by atoms with Crippen LogP contribution in [0.2, 0.25) is 0 Å². The normalized spacial score (nSPS) is 10.5. The third kappa shape index (κ3) is 4.37. The second-order valence-corrected chi connectivity index (χ2v) is 6.09. The van der Waals surface area contributed by atoms with Crippen LogP contribution in [0.4, 0.5) is 0 Å². The van der Waals surface area contributed by atoms with Crippen LogP contribution in [0.3, 0.4) is 0 Å². The number of aromatic nitrogens is 1. The molecule has 0 unspecified atom stereocenters. The Morgan fingerprint density at radius 3 is 2.81 bits per heavy atom. The van der Waals surface area contributed by atoms with Crippen molar-refractivity contribution in [2.45, 2.75) is 19.8 Å². The number of nitrogens with zero attached hydrogens (tertiary/aromatic N) is 2. The molecule has 21 heavy (non-hydrogen) atoms. The summed E-state index contributed by atoms with van der Waals surface area (Å²) in [6.07, 6.45) is 0.185. The van der Waals surface area contributed by atoms with E-state index in [2.05, 4.69) is 4.98 Å². The van der Waals surface area contributed by atoms with E-state index in [0.29, 0.717) is 6.54 Å². The van der Waals surface area contributed by atoms with Crippen molar-refractivity contribution < 1.29 is 14.7 Å². The van der Waals surface area contributed by atoms with Gasteiger partial charge in [-0.2, -0.15) is 11.3 Å². The first-order chi connectivity index (χ1) is 10.1. The summed E-state index contributed by atoms with van der Waals surface area (Å²) in [5, 5.41) is 15.5. The topological polar surface area (TPSA) is 70.5 Å². The Morgan fingerprint density at radius 2 is 2.19 bits per heavy atom. The molecule has 0 spiro atoms. The Kier molecular flexibility index (Phi) is 5.46. The standard InChI is InChI=1S/C14H16N2O3S2/c1-2-16(5-3-13(18)19)12(17)7-11-9-21-14(15-11)10-4-6-20-8-10/h4,6,8-9H,2-3,5,7H2,1H3,(H,18,19). The van der Waals surface area contributed by atoms with Gasteiger partial charge in [0.15, 0.2) is 0 Å². The average Bonchev–Trinajstić information content (AvgIpc) is 3.09. The average molecular weight is 324 g/mol. The SMILES string of the molecule is CCN(CCC(=O)O)C(=O)Cc1csc(-c2ccsc2)n1. The zero-order chi connectivity index (χ0) is 15.2. The van der Waals surface area contributed by atoms with Gasteiger partial charge in [-0.25, -0.2) is 4.98 Å². The van der Waals surface area contributed by atoms with Gasteiger partial charge in [-0.3, -0.25) is 9.59 Å². The zero-order valence-electron chi connectivity index (χ0n) is 11.6. The van der Waals surface area contributed by atoms with Crippen molar-refractivity contribution in [1.82, 2.24) is 9.88 Å². The van der Waals surface area contributed by atoms with E-state index in [1.165, 1.54) is 11.3 Å². The summed E-state index contributed by atoms with van der Waals surface area (Å²) in [5.74, 6) is -0.976. The predicted octanol–water partition coefficient (Wildman–Crippen LogP) is 2.74. The maximum atomic E-state index is 12.2. The van der Waals surface area contributed by atoms with Crippen molar-refractivity contribution in [2.75, 3.05) is 13.1 Å². The maximum Gasteiger partial charge on any atom is 0.305 e. The number of likely N-dealkylation sites (N-methyl/N-ethyl adjacent to an activating group) is 1. The van der Waals surface area contributed by atoms with Crippen molar-refractivity contribution in [3.05, 3.63) is 27.9 Å². The highest BCUT2D eigenvalue weighted by Gasteiger charge is 2.15. The van der Waals surface area contributed by atoms with E-state index in [-0.39, 0.29) is 25.3 Å². The monoisotopic (exact) mass is 324 g/mol. The maximum absolute atomic E-state index is 12.2. The number of amides is 1. The molecule has 2 aromatic rings. The largest absolute Gasteiger partial charge is 0.481 e. The van der Waals surface area contributed by atoms with Gasteiger partial charge in [0.25, 0.3) is 0 Å². The van der Waals surface area contributed by atoms with E-state index in [4.69, 9.17) is 5.11 Å². The van der Waals surface area contributed by atoms with Gasteiger partial charge in [0.2, 0.25) is 5.91 Å². The molecule has 2 heterocycles. The minimum atomic E-state index is -0.894. The number of carboxylic acids is 1. The molecule has 2 rings (SSSR count). The van der Waals surface area contributed by atoms with E-state index in [0.717, 1.165) is 16.3 Å².